The van der Waals surface area contributed by atoms with Crippen LogP contribution in [0, 0.1) is 0 Å². The lowest BCUT2D eigenvalue weighted by atomic mass is 10.1. The van der Waals surface area contributed by atoms with Gasteiger partial charge in [0, 0.05) is 31.9 Å². The molecule has 2 atom stereocenters. The molecular weight excluding hydrogens is 226 g/mol. The molecule has 0 aromatic carbocycles. The Kier molecular flexibility index (Phi) is 3.22. The Morgan fingerprint density at radius 2 is 2.28 bits per heavy atom. The van der Waals surface area contributed by atoms with Gasteiger partial charge in [0.1, 0.15) is 5.82 Å². The lowest BCUT2D eigenvalue weighted by molar-refractivity contribution is 0.199. The normalized spacial score (nSPS) is 26.1. The minimum absolute atomic E-state index is 0.417. The molecule has 0 radical (unpaired) electrons. The summed E-state index contributed by atoms with van der Waals surface area (Å²) in [6.07, 6.45) is 4.03. The predicted molar refractivity (Wildman–Crippen MR) is 71.7 cm³/mol. The van der Waals surface area contributed by atoms with Crippen molar-refractivity contribution in [2.45, 2.75) is 31.9 Å². The second-order valence-electron chi connectivity index (χ2n) is 5.40. The zero-order chi connectivity index (χ0) is 12.5. The Hall–Kier alpha value is -1.13. The summed E-state index contributed by atoms with van der Waals surface area (Å²) >= 11 is 0. The first-order valence-corrected chi connectivity index (χ1v) is 6.87. The molecule has 2 saturated heterocycles. The Morgan fingerprint density at radius 3 is 3.11 bits per heavy atom. The Balaban J connectivity index is 1.76. The minimum atomic E-state index is -0.417. The lowest BCUT2D eigenvalue weighted by Gasteiger charge is -2.38. The summed E-state index contributed by atoms with van der Waals surface area (Å²) in [4.78, 5) is 9.41. The Morgan fingerprint density at radius 1 is 1.39 bits per heavy atom. The fourth-order valence-electron chi connectivity index (χ4n) is 3.07. The summed E-state index contributed by atoms with van der Waals surface area (Å²) in [5.41, 5.74) is 0.953. The standard InChI is InChI=1S/C14H21N3O/c1-11(18)12-4-5-15-14(9-12)17-8-7-16-6-2-3-13(16)10-17/h4-5,9,11,13,18H,2-3,6-8,10H2,1H3/t11-,13?/m1/s1. The molecule has 3 rings (SSSR count). The number of nitrogens with zero attached hydrogens (tertiary/aromatic N) is 3. The minimum Gasteiger partial charge on any atom is -0.389 e. The zero-order valence-corrected chi connectivity index (χ0v) is 10.9. The highest BCUT2D eigenvalue weighted by Crippen LogP contribution is 2.25. The van der Waals surface area contributed by atoms with E-state index in [0.29, 0.717) is 6.04 Å². The van der Waals surface area contributed by atoms with Gasteiger partial charge >= 0.3 is 0 Å². The molecule has 0 amide bonds. The van der Waals surface area contributed by atoms with E-state index in [1.54, 1.807) is 13.1 Å². The molecule has 1 N–H and O–H groups in total. The molecule has 2 aliphatic rings. The van der Waals surface area contributed by atoms with Crippen LogP contribution in [0.4, 0.5) is 5.82 Å². The first-order chi connectivity index (χ1) is 8.74. The van der Waals surface area contributed by atoms with Crippen LogP contribution >= 0.6 is 0 Å². The van der Waals surface area contributed by atoms with Gasteiger partial charge in [0.15, 0.2) is 0 Å². The van der Waals surface area contributed by atoms with E-state index in [2.05, 4.69) is 14.8 Å². The van der Waals surface area contributed by atoms with Gasteiger partial charge in [-0.05, 0) is 44.0 Å². The fraction of sp³-hybridized carbons (Fsp3) is 0.643. The molecule has 4 nitrogen and oxygen atoms in total. The summed E-state index contributed by atoms with van der Waals surface area (Å²) < 4.78 is 0. The molecule has 1 aromatic heterocycles. The summed E-state index contributed by atoms with van der Waals surface area (Å²) in [6.45, 7) is 6.34. The fourth-order valence-corrected chi connectivity index (χ4v) is 3.07. The number of aliphatic hydroxyl groups is 1. The predicted octanol–water partition coefficient (Wildman–Crippen LogP) is 1.42. The first-order valence-electron chi connectivity index (χ1n) is 6.87. The monoisotopic (exact) mass is 247 g/mol. The van der Waals surface area contributed by atoms with Crippen LogP contribution in [0.1, 0.15) is 31.4 Å². The molecule has 3 heterocycles. The van der Waals surface area contributed by atoms with Crippen LogP contribution in [0.2, 0.25) is 0 Å². The van der Waals surface area contributed by atoms with Gasteiger partial charge in [-0.15, -0.1) is 0 Å². The van der Waals surface area contributed by atoms with E-state index in [1.165, 1.54) is 19.4 Å². The van der Waals surface area contributed by atoms with Gasteiger partial charge in [-0.2, -0.15) is 0 Å². The highest BCUT2D eigenvalue weighted by atomic mass is 16.3. The number of hydrogen-bond donors (Lipinski definition) is 1. The van der Waals surface area contributed by atoms with Crippen molar-refractivity contribution in [2.24, 2.45) is 0 Å². The number of piperazine rings is 1. The summed E-state index contributed by atoms with van der Waals surface area (Å²) in [6, 6.07) is 4.62. The quantitative estimate of drug-likeness (QED) is 0.858. The number of hydrogen-bond acceptors (Lipinski definition) is 4. The molecular formula is C14H21N3O. The second kappa shape index (κ2) is 4.86. The number of aliphatic hydroxyl groups excluding tert-OH is 1. The van der Waals surface area contributed by atoms with Gasteiger partial charge in [-0.25, -0.2) is 4.98 Å². The summed E-state index contributed by atoms with van der Waals surface area (Å²) in [5, 5.41) is 9.64. The van der Waals surface area contributed by atoms with E-state index in [9.17, 15) is 5.11 Å². The van der Waals surface area contributed by atoms with Crippen molar-refractivity contribution in [1.29, 1.82) is 0 Å². The lowest BCUT2D eigenvalue weighted by Crippen LogP contribution is -2.50. The van der Waals surface area contributed by atoms with Crippen LogP contribution in [0.3, 0.4) is 0 Å². The smallest absolute Gasteiger partial charge is 0.128 e. The van der Waals surface area contributed by atoms with Crippen LogP contribution in [-0.4, -0.2) is 47.2 Å². The third-order valence-electron chi connectivity index (χ3n) is 4.16. The van der Waals surface area contributed by atoms with E-state index in [0.717, 1.165) is 31.0 Å². The molecule has 0 aliphatic carbocycles. The van der Waals surface area contributed by atoms with Crippen LogP contribution in [0.5, 0.6) is 0 Å². The van der Waals surface area contributed by atoms with Crippen molar-refractivity contribution in [2.75, 3.05) is 31.1 Å². The average molecular weight is 247 g/mol. The molecule has 0 bridgehead atoms. The average Bonchev–Trinajstić information content (AvgIpc) is 2.86. The molecule has 2 aliphatic heterocycles. The molecule has 2 fully saturated rings. The Bertz CT molecular complexity index is 421. The van der Waals surface area contributed by atoms with Gasteiger partial charge in [0.2, 0.25) is 0 Å². The molecule has 1 aromatic rings. The highest BCUT2D eigenvalue weighted by molar-refractivity contribution is 5.42. The van der Waals surface area contributed by atoms with E-state index in [-0.39, 0.29) is 0 Å². The molecule has 0 spiro atoms. The van der Waals surface area contributed by atoms with Gasteiger partial charge in [-0.1, -0.05) is 0 Å². The van der Waals surface area contributed by atoms with Crippen molar-refractivity contribution in [3.63, 3.8) is 0 Å². The zero-order valence-electron chi connectivity index (χ0n) is 10.9. The molecule has 98 valence electrons. The molecule has 18 heavy (non-hydrogen) atoms. The Labute approximate surface area is 108 Å². The molecule has 1 unspecified atom stereocenters. The SMILES string of the molecule is C[C@@H](O)c1ccnc(N2CCN3CCCC3C2)c1. The van der Waals surface area contributed by atoms with Gasteiger partial charge in [0.25, 0.3) is 0 Å². The molecule has 0 saturated carbocycles. The van der Waals surface area contributed by atoms with E-state index in [1.807, 2.05) is 12.1 Å². The summed E-state index contributed by atoms with van der Waals surface area (Å²) in [5.74, 6) is 1.01. The summed E-state index contributed by atoms with van der Waals surface area (Å²) in [7, 11) is 0. The number of pyridine rings is 1. The maximum Gasteiger partial charge on any atom is 0.128 e. The van der Waals surface area contributed by atoms with Crippen molar-refractivity contribution in [3.8, 4) is 0 Å². The highest BCUT2D eigenvalue weighted by Gasteiger charge is 2.30. The van der Waals surface area contributed by atoms with E-state index in [4.69, 9.17) is 0 Å². The maximum absolute atomic E-state index is 9.64. The third kappa shape index (κ3) is 2.22. The molecule has 4 heteroatoms. The number of rotatable bonds is 2. The number of aromatic nitrogens is 1. The van der Waals surface area contributed by atoms with Crippen LogP contribution in [-0.2, 0) is 0 Å². The van der Waals surface area contributed by atoms with Crippen molar-refractivity contribution < 1.29 is 5.11 Å². The largest absolute Gasteiger partial charge is 0.389 e. The topological polar surface area (TPSA) is 39.6 Å². The second-order valence-corrected chi connectivity index (χ2v) is 5.40. The van der Waals surface area contributed by atoms with Gasteiger partial charge in [0.05, 0.1) is 6.10 Å². The number of anilines is 1. The number of fused-ring (bicyclic) bond motifs is 1. The first kappa shape index (κ1) is 11.9. The van der Waals surface area contributed by atoms with Gasteiger partial charge < -0.3 is 10.0 Å². The van der Waals surface area contributed by atoms with Crippen molar-refractivity contribution in [3.05, 3.63) is 23.9 Å². The van der Waals surface area contributed by atoms with Crippen molar-refractivity contribution in [1.82, 2.24) is 9.88 Å². The van der Waals surface area contributed by atoms with Crippen LogP contribution in [0.25, 0.3) is 0 Å². The van der Waals surface area contributed by atoms with Gasteiger partial charge in [-0.3, -0.25) is 4.90 Å². The van der Waals surface area contributed by atoms with E-state index < -0.39 is 6.10 Å². The van der Waals surface area contributed by atoms with Crippen LogP contribution in [0.15, 0.2) is 18.3 Å². The van der Waals surface area contributed by atoms with E-state index >= 15 is 0 Å². The van der Waals surface area contributed by atoms with Crippen molar-refractivity contribution >= 4 is 5.82 Å². The third-order valence-corrected chi connectivity index (χ3v) is 4.16. The van der Waals surface area contributed by atoms with Crippen LogP contribution < -0.4 is 4.90 Å². The maximum atomic E-state index is 9.64.